The lowest BCUT2D eigenvalue weighted by molar-refractivity contribution is -0.270. The van der Waals surface area contributed by atoms with Gasteiger partial charge < -0.3 is 50.8 Å². The molecule has 14 nitrogen and oxygen atoms in total. The van der Waals surface area contributed by atoms with Gasteiger partial charge in [-0.1, -0.05) is 30.3 Å². The van der Waals surface area contributed by atoms with E-state index in [1.807, 2.05) is 18.2 Å². The summed E-state index contributed by atoms with van der Waals surface area (Å²) in [4.78, 5) is 47.6. The molecule has 0 aliphatic carbocycles. The molecule has 0 radical (unpaired) electrons. The molecule has 7 N–H and O–H groups in total. The lowest BCUT2D eigenvalue weighted by atomic mass is 9.97. The van der Waals surface area contributed by atoms with Gasteiger partial charge in [0.1, 0.15) is 37.0 Å². The van der Waals surface area contributed by atoms with Crippen LogP contribution >= 0.6 is 0 Å². The molecule has 206 valence electrons. The molecule has 1 saturated heterocycles. The van der Waals surface area contributed by atoms with Crippen molar-refractivity contribution >= 4 is 23.8 Å². The summed E-state index contributed by atoms with van der Waals surface area (Å²) in [7, 11) is 0. The Labute approximate surface area is 213 Å². The quantitative estimate of drug-likeness (QED) is 0.143. The number of aliphatic hydroxyl groups is 3. The van der Waals surface area contributed by atoms with Crippen LogP contribution in [0.25, 0.3) is 0 Å². The number of nitrogens with one attached hydrogen (secondary N) is 4. The second-order valence-corrected chi connectivity index (χ2v) is 8.30. The number of aliphatic hydroxyl groups excluding tert-OH is 3. The first-order chi connectivity index (χ1) is 17.6. The first-order valence-corrected chi connectivity index (χ1v) is 11.6. The second kappa shape index (κ2) is 15.1. The average Bonchev–Trinajstić information content (AvgIpc) is 2.86. The molecule has 1 aliphatic heterocycles. The molecule has 1 heterocycles. The highest BCUT2D eigenvalue weighted by Gasteiger charge is 2.45. The topological polar surface area (TPSA) is 205 Å². The zero-order valence-electron chi connectivity index (χ0n) is 20.6. The van der Waals surface area contributed by atoms with Crippen molar-refractivity contribution in [3.63, 3.8) is 0 Å². The number of carbonyl (C=O) groups is 4. The summed E-state index contributed by atoms with van der Waals surface area (Å²) in [6, 6.07) is 6.69. The number of alkyl carbamates (subject to hydrolysis) is 1. The van der Waals surface area contributed by atoms with Gasteiger partial charge in [0.15, 0.2) is 6.29 Å². The smallest absolute Gasteiger partial charge is 0.407 e. The van der Waals surface area contributed by atoms with Crippen molar-refractivity contribution in [2.45, 2.75) is 57.1 Å². The molecule has 1 aliphatic rings. The fourth-order valence-electron chi connectivity index (χ4n) is 3.48. The first kappa shape index (κ1) is 29.9. The molecule has 0 saturated carbocycles. The molecule has 1 fully saturated rings. The van der Waals surface area contributed by atoms with Crippen molar-refractivity contribution in [1.82, 2.24) is 21.3 Å². The molecule has 2 rings (SSSR count). The van der Waals surface area contributed by atoms with Crippen molar-refractivity contribution < 1.29 is 48.7 Å². The van der Waals surface area contributed by atoms with Crippen LogP contribution in [0.2, 0.25) is 0 Å². The molecule has 0 aromatic heterocycles. The molecule has 6 atom stereocenters. The third-order valence-electron chi connectivity index (χ3n) is 5.28. The fourth-order valence-corrected chi connectivity index (χ4v) is 3.48. The molecule has 4 amide bonds. The van der Waals surface area contributed by atoms with Gasteiger partial charge in [-0.25, -0.2) is 4.79 Å². The van der Waals surface area contributed by atoms with E-state index < -0.39 is 73.7 Å². The van der Waals surface area contributed by atoms with Gasteiger partial charge in [0.2, 0.25) is 17.7 Å². The number of hydrogen-bond donors (Lipinski definition) is 7. The highest BCUT2D eigenvalue weighted by Crippen LogP contribution is 2.22. The highest BCUT2D eigenvalue weighted by atomic mass is 16.7. The third-order valence-corrected chi connectivity index (χ3v) is 5.28. The van der Waals surface area contributed by atoms with E-state index in [0.29, 0.717) is 0 Å². The van der Waals surface area contributed by atoms with Crippen LogP contribution in [-0.4, -0.2) is 102 Å². The maximum atomic E-state index is 12.6. The van der Waals surface area contributed by atoms with Gasteiger partial charge in [-0.05, 0) is 5.56 Å². The van der Waals surface area contributed by atoms with Gasteiger partial charge in [-0.2, -0.15) is 0 Å². The Hall–Kier alpha value is -3.30. The number of hydrogen-bond acceptors (Lipinski definition) is 10. The Bertz CT molecular complexity index is 903. The standard InChI is InChI=1S/C23H34N4O10/c1-13(29)26-16(12-35-22-18(27-14(2)30)20(32)19(31)17(10-28)37-22)21(33)24-8-9-25-23(34)36-11-15-6-4-3-5-7-15/h3-7,16-20,22,28,31-32H,8-12H2,1-2H3,(H,24,33)(H,25,34)(H,26,29)(H,27,30)/t16-,17+,18+,19-,20+,22-/m0/s1. The Kier molecular flexibility index (Phi) is 12.2. The molecular formula is C23H34N4O10. The van der Waals surface area contributed by atoms with E-state index in [-0.39, 0.29) is 19.7 Å². The molecule has 1 aromatic carbocycles. The number of carbonyl (C=O) groups excluding carboxylic acids is 4. The lowest BCUT2D eigenvalue weighted by Gasteiger charge is -2.42. The van der Waals surface area contributed by atoms with E-state index in [0.717, 1.165) is 5.56 Å². The Morgan fingerprint density at radius 3 is 2.30 bits per heavy atom. The molecular weight excluding hydrogens is 492 g/mol. The van der Waals surface area contributed by atoms with Crippen molar-refractivity contribution in [3.8, 4) is 0 Å². The average molecular weight is 527 g/mol. The maximum absolute atomic E-state index is 12.6. The Morgan fingerprint density at radius 1 is 1.00 bits per heavy atom. The van der Waals surface area contributed by atoms with Crippen LogP contribution < -0.4 is 21.3 Å². The lowest BCUT2D eigenvalue weighted by Crippen LogP contribution is -2.65. The summed E-state index contributed by atoms with van der Waals surface area (Å²) in [5, 5.41) is 39.7. The Balaban J connectivity index is 1.86. The number of rotatable bonds is 12. The van der Waals surface area contributed by atoms with Crippen LogP contribution in [0.3, 0.4) is 0 Å². The minimum absolute atomic E-state index is 0.0152. The van der Waals surface area contributed by atoms with Gasteiger partial charge in [0.25, 0.3) is 0 Å². The Morgan fingerprint density at radius 2 is 1.68 bits per heavy atom. The summed E-state index contributed by atoms with van der Waals surface area (Å²) < 4.78 is 16.1. The van der Waals surface area contributed by atoms with E-state index in [2.05, 4.69) is 21.3 Å². The predicted octanol–water partition coefficient (Wildman–Crippen LogP) is -2.51. The van der Waals surface area contributed by atoms with Crippen molar-refractivity contribution in [3.05, 3.63) is 35.9 Å². The van der Waals surface area contributed by atoms with Crippen molar-refractivity contribution in [1.29, 1.82) is 0 Å². The van der Waals surface area contributed by atoms with Gasteiger partial charge in [0, 0.05) is 26.9 Å². The van der Waals surface area contributed by atoms with Crippen molar-refractivity contribution in [2.75, 3.05) is 26.3 Å². The van der Waals surface area contributed by atoms with E-state index in [4.69, 9.17) is 14.2 Å². The zero-order chi connectivity index (χ0) is 27.4. The fraction of sp³-hybridized carbons (Fsp3) is 0.565. The van der Waals surface area contributed by atoms with Gasteiger partial charge >= 0.3 is 6.09 Å². The van der Waals surface area contributed by atoms with Crippen LogP contribution in [0.4, 0.5) is 4.79 Å². The summed E-state index contributed by atoms with van der Waals surface area (Å²) >= 11 is 0. The van der Waals surface area contributed by atoms with Gasteiger partial charge in [-0.15, -0.1) is 0 Å². The molecule has 14 heteroatoms. The normalized spacial score (nSPS) is 23.9. The summed E-state index contributed by atoms with van der Waals surface area (Å²) in [6.45, 7) is 1.47. The second-order valence-electron chi connectivity index (χ2n) is 8.30. The van der Waals surface area contributed by atoms with Crippen molar-refractivity contribution in [2.24, 2.45) is 0 Å². The summed E-state index contributed by atoms with van der Waals surface area (Å²) in [5.41, 5.74) is 0.819. The summed E-state index contributed by atoms with van der Waals surface area (Å²) in [6.07, 6.45) is -6.24. The van der Waals surface area contributed by atoms with Crippen LogP contribution in [-0.2, 0) is 35.2 Å². The van der Waals surface area contributed by atoms with E-state index in [9.17, 15) is 34.5 Å². The highest BCUT2D eigenvalue weighted by molar-refractivity contribution is 5.87. The molecule has 0 spiro atoms. The molecule has 0 bridgehead atoms. The largest absolute Gasteiger partial charge is 0.445 e. The third kappa shape index (κ3) is 9.93. The first-order valence-electron chi connectivity index (χ1n) is 11.6. The number of benzene rings is 1. The SMILES string of the molecule is CC(=O)N[C@H]1[C@@H](OC[C@H](NC(C)=O)C(=O)NCCNC(=O)OCc2ccccc2)O[C@H](CO)[C@H](O)[C@@H]1O. The molecule has 1 aromatic rings. The predicted molar refractivity (Wildman–Crippen MR) is 127 cm³/mol. The minimum atomic E-state index is -1.53. The van der Waals surface area contributed by atoms with E-state index in [1.165, 1.54) is 13.8 Å². The summed E-state index contributed by atoms with van der Waals surface area (Å²) in [5.74, 6) is -1.71. The number of amides is 4. The van der Waals surface area contributed by atoms with E-state index in [1.54, 1.807) is 12.1 Å². The molecule has 37 heavy (non-hydrogen) atoms. The minimum Gasteiger partial charge on any atom is -0.445 e. The number of ether oxygens (including phenoxy) is 3. The van der Waals surface area contributed by atoms with Crippen LogP contribution in [0, 0.1) is 0 Å². The van der Waals surface area contributed by atoms with Gasteiger partial charge in [0.05, 0.1) is 13.2 Å². The van der Waals surface area contributed by atoms with Crippen LogP contribution in [0.15, 0.2) is 30.3 Å². The van der Waals surface area contributed by atoms with Crippen LogP contribution in [0.5, 0.6) is 0 Å². The maximum Gasteiger partial charge on any atom is 0.407 e. The van der Waals surface area contributed by atoms with Crippen LogP contribution in [0.1, 0.15) is 19.4 Å². The zero-order valence-corrected chi connectivity index (χ0v) is 20.6. The van der Waals surface area contributed by atoms with Gasteiger partial charge in [-0.3, -0.25) is 14.4 Å². The molecule has 0 unspecified atom stereocenters. The van der Waals surface area contributed by atoms with E-state index >= 15 is 0 Å². The monoisotopic (exact) mass is 526 g/mol.